The summed E-state index contributed by atoms with van der Waals surface area (Å²) in [6.07, 6.45) is 28.2. The number of rotatable bonds is 9. The molecule has 2 atom stereocenters. The third-order valence-electron chi connectivity index (χ3n) is 9.51. The van der Waals surface area contributed by atoms with Crippen LogP contribution in [0.15, 0.2) is 36.4 Å². The standard InChI is InChI=1S/C32H50/c1-3-5-6-8-26-11-15-28(16-12-26)30-19-23-32(24-20-30)31-21-17-29(18-22-31)27-13-9-25(7-4-2)10-14-27/h9,13,17-18,21-22,25-28,30,32H,3-8,10-12,14-16,19-20,23-24H2,1-2H3. The van der Waals surface area contributed by atoms with Crippen molar-refractivity contribution in [2.75, 3.05) is 0 Å². The quantitative estimate of drug-likeness (QED) is 0.268. The predicted octanol–water partition coefficient (Wildman–Crippen LogP) is 10.2. The Morgan fingerprint density at radius 2 is 1.25 bits per heavy atom. The molecule has 0 saturated heterocycles. The molecule has 178 valence electrons. The van der Waals surface area contributed by atoms with E-state index in [0.29, 0.717) is 5.92 Å². The van der Waals surface area contributed by atoms with Crippen LogP contribution in [0.25, 0.3) is 0 Å². The molecule has 1 aromatic carbocycles. The van der Waals surface area contributed by atoms with Gasteiger partial charge in [-0.1, -0.05) is 95.2 Å². The minimum atomic E-state index is 0.657. The van der Waals surface area contributed by atoms with E-state index in [4.69, 9.17) is 0 Å². The molecule has 1 aromatic rings. The Kier molecular flexibility index (Phi) is 9.36. The molecule has 2 saturated carbocycles. The Balaban J connectivity index is 1.21. The van der Waals surface area contributed by atoms with E-state index in [1.165, 1.54) is 103 Å². The molecule has 3 aliphatic carbocycles. The van der Waals surface area contributed by atoms with Crippen LogP contribution in [0, 0.1) is 23.7 Å². The third kappa shape index (κ3) is 6.51. The van der Waals surface area contributed by atoms with Crippen LogP contribution in [-0.2, 0) is 0 Å². The lowest BCUT2D eigenvalue weighted by molar-refractivity contribution is 0.155. The van der Waals surface area contributed by atoms with E-state index in [1.54, 1.807) is 11.1 Å². The minimum Gasteiger partial charge on any atom is -0.0848 e. The van der Waals surface area contributed by atoms with Gasteiger partial charge in [0.1, 0.15) is 0 Å². The Hall–Kier alpha value is -1.04. The highest BCUT2D eigenvalue weighted by molar-refractivity contribution is 5.31. The lowest BCUT2D eigenvalue weighted by atomic mass is 9.68. The molecular weight excluding hydrogens is 384 g/mol. The van der Waals surface area contributed by atoms with Gasteiger partial charge in [-0.25, -0.2) is 0 Å². The average molecular weight is 435 g/mol. The molecule has 0 nitrogen and oxygen atoms in total. The van der Waals surface area contributed by atoms with Gasteiger partial charge < -0.3 is 0 Å². The first-order valence-electron chi connectivity index (χ1n) is 14.5. The average Bonchev–Trinajstić information content (AvgIpc) is 2.86. The molecule has 2 unspecified atom stereocenters. The van der Waals surface area contributed by atoms with E-state index < -0.39 is 0 Å². The van der Waals surface area contributed by atoms with Gasteiger partial charge in [0, 0.05) is 5.92 Å². The number of benzene rings is 1. The van der Waals surface area contributed by atoms with E-state index in [-0.39, 0.29) is 0 Å². The summed E-state index contributed by atoms with van der Waals surface area (Å²) in [5.41, 5.74) is 3.17. The van der Waals surface area contributed by atoms with E-state index >= 15 is 0 Å². The van der Waals surface area contributed by atoms with E-state index in [1.807, 2.05) is 0 Å². The van der Waals surface area contributed by atoms with E-state index in [9.17, 15) is 0 Å². The van der Waals surface area contributed by atoms with Gasteiger partial charge in [0.25, 0.3) is 0 Å². The van der Waals surface area contributed by atoms with Gasteiger partial charge in [0.2, 0.25) is 0 Å². The highest BCUT2D eigenvalue weighted by Crippen LogP contribution is 2.45. The Morgan fingerprint density at radius 1 is 0.594 bits per heavy atom. The fourth-order valence-electron chi connectivity index (χ4n) is 7.34. The van der Waals surface area contributed by atoms with Crippen molar-refractivity contribution in [2.24, 2.45) is 23.7 Å². The number of unbranched alkanes of at least 4 members (excludes halogenated alkanes) is 2. The molecular formula is C32H50. The van der Waals surface area contributed by atoms with Gasteiger partial charge in [-0.3, -0.25) is 0 Å². The van der Waals surface area contributed by atoms with Crippen molar-refractivity contribution in [3.05, 3.63) is 47.5 Å². The van der Waals surface area contributed by atoms with Crippen molar-refractivity contribution < 1.29 is 0 Å². The maximum atomic E-state index is 2.51. The van der Waals surface area contributed by atoms with Crippen LogP contribution in [0.1, 0.15) is 140 Å². The summed E-state index contributed by atoms with van der Waals surface area (Å²) in [5.74, 6) is 5.46. The van der Waals surface area contributed by atoms with Crippen molar-refractivity contribution >= 4 is 0 Å². The van der Waals surface area contributed by atoms with Crippen molar-refractivity contribution in [3.63, 3.8) is 0 Å². The molecule has 0 aromatic heterocycles. The molecule has 0 radical (unpaired) electrons. The Labute approximate surface area is 199 Å². The van der Waals surface area contributed by atoms with Crippen LogP contribution in [-0.4, -0.2) is 0 Å². The predicted molar refractivity (Wildman–Crippen MR) is 140 cm³/mol. The van der Waals surface area contributed by atoms with Crippen molar-refractivity contribution in [2.45, 2.75) is 128 Å². The number of hydrogen-bond donors (Lipinski definition) is 0. The highest BCUT2D eigenvalue weighted by Gasteiger charge is 2.31. The minimum absolute atomic E-state index is 0.657. The van der Waals surface area contributed by atoms with Gasteiger partial charge in [-0.2, -0.15) is 0 Å². The van der Waals surface area contributed by atoms with Crippen LogP contribution in [0.3, 0.4) is 0 Å². The molecule has 2 fully saturated rings. The maximum absolute atomic E-state index is 2.51. The highest BCUT2D eigenvalue weighted by atomic mass is 14.4. The zero-order valence-electron chi connectivity index (χ0n) is 21.2. The summed E-state index contributed by atoms with van der Waals surface area (Å²) >= 11 is 0. The van der Waals surface area contributed by atoms with Crippen molar-refractivity contribution in [1.82, 2.24) is 0 Å². The molecule has 4 rings (SSSR count). The summed E-state index contributed by atoms with van der Waals surface area (Å²) < 4.78 is 0. The van der Waals surface area contributed by atoms with E-state index in [2.05, 4.69) is 50.3 Å². The van der Waals surface area contributed by atoms with Crippen LogP contribution in [0.4, 0.5) is 0 Å². The molecule has 0 spiro atoms. The SMILES string of the molecule is CCCCCC1CCC(C2CCC(c3ccc(C4C=CC(CCC)CC4)cc3)CC2)CC1. The number of hydrogen-bond acceptors (Lipinski definition) is 0. The summed E-state index contributed by atoms with van der Waals surface area (Å²) in [7, 11) is 0. The third-order valence-corrected chi connectivity index (χ3v) is 9.51. The second-order valence-corrected chi connectivity index (χ2v) is 11.7. The molecule has 3 aliphatic rings. The summed E-state index contributed by atoms with van der Waals surface area (Å²) in [5, 5.41) is 0. The molecule has 0 aliphatic heterocycles. The molecule has 0 N–H and O–H groups in total. The lowest BCUT2D eigenvalue weighted by Crippen LogP contribution is -2.25. The first-order chi connectivity index (χ1) is 15.8. The van der Waals surface area contributed by atoms with Gasteiger partial charge in [0.05, 0.1) is 0 Å². The topological polar surface area (TPSA) is 0 Å². The zero-order chi connectivity index (χ0) is 22.2. The summed E-state index contributed by atoms with van der Waals surface area (Å²) in [6.45, 7) is 4.64. The Bertz CT molecular complexity index is 666. The maximum Gasteiger partial charge on any atom is 0.00182 e. The van der Waals surface area contributed by atoms with Crippen molar-refractivity contribution in [1.29, 1.82) is 0 Å². The molecule has 0 heterocycles. The normalized spacial score (nSPS) is 33.3. The second kappa shape index (κ2) is 12.4. The molecule has 0 bridgehead atoms. The van der Waals surface area contributed by atoms with Gasteiger partial charge in [-0.05, 0) is 98.5 Å². The van der Waals surface area contributed by atoms with Gasteiger partial charge >= 0.3 is 0 Å². The molecule has 0 amide bonds. The van der Waals surface area contributed by atoms with Crippen LogP contribution < -0.4 is 0 Å². The van der Waals surface area contributed by atoms with Gasteiger partial charge in [0.15, 0.2) is 0 Å². The van der Waals surface area contributed by atoms with Crippen LogP contribution >= 0.6 is 0 Å². The fourth-order valence-corrected chi connectivity index (χ4v) is 7.34. The zero-order valence-corrected chi connectivity index (χ0v) is 21.2. The van der Waals surface area contributed by atoms with Crippen molar-refractivity contribution in [3.8, 4) is 0 Å². The second-order valence-electron chi connectivity index (χ2n) is 11.7. The van der Waals surface area contributed by atoms with Crippen LogP contribution in [0.5, 0.6) is 0 Å². The number of allylic oxidation sites excluding steroid dienone is 2. The van der Waals surface area contributed by atoms with E-state index in [0.717, 1.165) is 29.6 Å². The summed E-state index contributed by atoms with van der Waals surface area (Å²) in [6, 6.07) is 9.87. The monoisotopic (exact) mass is 434 g/mol. The summed E-state index contributed by atoms with van der Waals surface area (Å²) in [4.78, 5) is 0. The largest absolute Gasteiger partial charge is 0.0848 e. The smallest absolute Gasteiger partial charge is 0.00182 e. The Morgan fingerprint density at radius 3 is 1.84 bits per heavy atom. The fraction of sp³-hybridized carbons (Fsp3) is 0.750. The van der Waals surface area contributed by atoms with Gasteiger partial charge in [-0.15, -0.1) is 0 Å². The molecule has 0 heteroatoms. The van der Waals surface area contributed by atoms with Crippen LogP contribution in [0.2, 0.25) is 0 Å². The first kappa shape index (κ1) is 24.1. The molecule has 32 heavy (non-hydrogen) atoms. The lowest BCUT2D eigenvalue weighted by Gasteiger charge is -2.38. The first-order valence-corrected chi connectivity index (χ1v) is 14.5.